The van der Waals surface area contributed by atoms with Crippen molar-refractivity contribution in [2.75, 3.05) is 0 Å². The van der Waals surface area contributed by atoms with E-state index in [2.05, 4.69) is 77.6 Å². The SMILES string of the molecule is CCc1ccc2oc3c(-c4nc(Cl)nc(-c5cc(-c6ccccc6)cc(-c6ccccc6)c5)n4)cccc3c2c1. The molecule has 0 unspecified atom stereocenters. The van der Waals surface area contributed by atoms with Crippen LogP contribution in [0.5, 0.6) is 0 Å². The van der Waals surface area contributed by atoms with Crippen LogP contribution >= 0.6 is 11.6 Å². The molecule has 2 aromatic heterocycles. The van der Waals surface area contributed by atoms with Crippen LogP contribution in [0.2, 0.25) is 5.28 Å². The molecule has 192 valence electrons. The van der Waals surface area contributed by atoms with E-state index < -0.39 is 0 Å². The van der Waals surface area contributed by atoms with Crippen LogP contribution in [0, 0.1) is 0 Å². The minimum absolute atomic E-state index is 0.132. The number of para-hydroxylation sites is 1. The summed E-state index contributed by atoms with van der Waals surface area (Å²) >= 11 is 6.54. The molecule has 0 aliphatic rings. The van der Waals surface area contributed by atoms with Gasteiger partial charge >= 0.3 is 0 Å². The van der Waals surface area contributed by atoms with Crippen molar-refractivity contribution in [1.29, 1.82) is 0 Å². The predicted octanol–water partition coefficient (Wildman–Crippen LogP) is 9.65. The molecule has 2 heterocycles. The Kier molecular flexibility index (Phi) is 6.10. The van der Waals surface area contributed by atoms with E-state index in [0.29, 0.717) is 11.6 Å². The lowest BCUT2D eigenvalue weighted by Gasteiger charge is -2.11. The van der Waals surface area contributed by atoms with Gasteiger partial charge in [-0.2, -0.15) is 9.97 Å². The summed E-state index contributed by atoms with van der Waals surface area (Å²) in [5.74, 6) is 0.980. The van der Waals surface area contributed by atoms with Gasteiger partial charge in [0.2, 0.25) is 5.28 Å². The Morgan fingerprint density at radius 3 is 1.90 bits per heavy atom. The molecule has 0 bridgehead atoms. The summed E-state index contributed by atoms with van der Waals surface area (Å²) < 4.78 is 6.33. The molecule has 7 rings (SSSR count). The van der Waals surface area contributed by atoms with Gasteiger partial charge in [-0.25, -0.2) is 4.98 Å². The van der Waals surface area contributed by atoms with Crippen LogP contribution in [0.4, 0.5) is 0 Å². The molecular formula is C35H24ClN3O. The van der Waals surface area contributed by atoms with E-state index in [4.69, 9.17) is 21.0 Å². The van der Waals surface area contributed by atoms with E-state index in [1.54, 1.807) is 0 Å². The maximum absolute atomic E-state index is 6.54. The molecule has 0 saturated heterocycles. The molecule has 0 aliphatic heterocycles. The first-order valence-electron chi connectivity index (χ1n) is 13.3. The first kappa shape index (κ1) is 24.3. The summed E-state index contributed by atoms with van der Waals surface area (Å²) in [7, 11) is 0. The van der Waals surface area contributed by atoms with E-state index in [0.717, 1.165) is 61.7 Å². The molecule has 5 aromatic carbocycles. The minimum atomic E-state index is 0.132. The molecule has 40 heavy (non-hydrogen) atoms. The van der Waals surface area contributed by atoms with Gasteiger partial charge in [0.1, 0.15) is 11.2 Å². The zero-order chi connectivity index (χ0) is 27.1. The number of halogens is 1. The number of hydrogen-bond donors (Lipinski definition) is 0. The van der Waals surface area contributed by atoms with Crippen molar-refractivity contribution in [3.05, 3.63) is 126 Å². The van der Waals surface area contributed by atoms with E-state index in [9.17, 15) is 0 Å². The molecule has 0 radical (unpaired) electrons. The number of rotatable bonds is 5. The van der Waals surface area contributed by atoms with Crippen LogP contribution in [-0.2, 0) is 6.42 Å². The lowest BCUT2D eigenvalue weighted by molar-refractivity contribution is 0.669. The van der Waals surface area contributed by atoms with Gasteiger partial charge in [-0.1, -0.05) is 85.8 Å². The summed E-state index contributed by atoms with van der Waals surface area (Å²) in [6.07, 6.45) is 0.960. The highest BCUT2D eigenvalue weighted by molar-refractivity contribution is 6.28. The Balaban J connectivity index is 1.41. The number of nitrogens with zero attached hydrogens (tertiary/aromatic N) is 3. The fraction of sp³-hybridized carbons (Fsp3) is 0.0571. The van der Waals surface area contributed by atoms with Crippen LogP contribution in [0.1, 0.15) is 12.5 Å². The monoisotopic (exact) mass is 537 g/mol. The van der Waals surface area contributed by atoms with Crippen molar-refractivity contribution < 1.29 is 4.42 Å². The summed E-state index contributed by atoms with van der Waals surface area (Å²) in [6.45, 7) is 2.15. The lowest BCUT2D eigenvalue weighted by atomic mass is 9.96. The van der Waals surface area contributed by atoms with Crippen molar-refractivity contribution in [2.45, 2.75) is 13.3 Å². The van der Waals surface area contributed by atoms with Crippen molar-refractivity contribution in [2.24, 2.45) is 0 Å². The third kappa shape index (κ3) is 4.42. The number of furan rings is 1. The third-order valence-corrected chi connectivity index (χ3v) is 7.39. The molecule has 0 fully saturated rings. The average Bonchev–Trinajstić information content (AvgIpc) is 3.39. The normalized spacial score (nSPS) is 11.3. The molecule has 4 nitrogen and oxygen atoms in total. The molecule has 5 heteroatoms. The van der Waals surface area contributed by atoms with Gasteiger partial charge in [-0.15, -0.1) is 0 Å². The predicted molar refractivity (Wildman–Crippen MR) is 163 cm³/mol. The topological polar surface area (TPSA) is 51.8 Å². The lowest BCUT2D eigenvalue weighted by Crippen LogP contribution is -1.98. The fourth-order valence-electron chi connectivity index (χ4n) is 5.19. The second kappa shape index (κ2) is 10.1. The van der Waals surface area contributed by atoms with Crippen molar-refractivity contribution >= 4 is 33.5 Å². The Morgan fingerprint density at radius 2 is 1.23 bits per heavy atom. The molecule has 0 amide bonds. The van der Waals surface area contributed by atoms with E-state index in [1.807, 2.05) is 54.6 Å². The summed E-state index contributed by atoms with van der Waals surface area (Å²) in [5.41, 5.74) is 8.83. The summed E-state index contributed by atoms with van der Waals surface area (Å²) in [6, 6.07) is 39.4. The maximum Gasteiger partial charge on any atom is 0.226 e. The van der Waals surface area contributed by atoms with Gasteiger partial charge in [0.25, 0.3) is 0 Å². The van der Waals surface area contributed by atoms with Crippen molar-refractivity contribution in [1.82, 2.24) is 15.0 Å². The third-order valence-electron chi connectivity index (χ3n) is 7.22. The Labute approximate surface area is 237 Å². The molecule has 0 aliphatic carbocycles. The van der Waals surface area contributed by atoms with Crippen LogP contribution in [0.25, 0.3) is 67.0 Å². The van der Waals surface area contributed by atoms with Gasteiger partial charge in [-0.3, -0.25) is 0 Å². The second-order valence-corrected chi connectivity index (χ2v) is 10.1. The van der Waals surface area contributed by atoms with E-state index in [1.165, 1.54) is 5.56 Å². The molecule has 0 atom stereocenters. The zero-order valence-electron chi connectivity index (χ0n) is 21.8. The zero-order valence-corrected chi connectivity index (χ0v) is 22.6. The van der Waals surface area contributed by atoms with Gasteiger partial charge in [0.05, 0.1) is 5.56 Å². The first-order chi connectivity index (χ1) is 19.7. The van der Waals surface area contributed by atoms with Gasteiger partial charge in [-0.05, 0) is 82.2 Å². The van der Waals surface area contributed by atoms with Crippen molar-refractivity contribution in [3.63, 3.8) is 0 Å². The van der Waals surface area contributed by atoms with Crippen LogP contribution in [0.3, 0.4) is 0 Å². The Hall–Kier alpha value is -4.80. The Bertz CT molecular complexity index is 1940. The quantitative estimate of drug-likeness (QED) is 0.219. The molecular weight excluding hydrogens is 514 g/mol. The maximum atomic E-state index is 6.54. The van der Waals surface area contributed by atoms with E-state index in [-0.39, 0.29) is 5.28 Å². The van der Waals surface area contributed by atoms with Gasteiger partial charge in [0.15, 0.2) is 11.6 Å². The second-order valence-electron chi connectivity index (χ2n) is 9.75. The molecule has 0 N–H and O–H groups in total. The number of fused-ring (bicyclic) bond motifs is 3. The van der Waals surface area contributed by atoms with Crippen LogP contribution in [0.15, 0.2) is 120 Å². The number of benzene rings is 5. The largest absolute Gasteiger partial charge is 0.455 e. The fourth-order valence-corrected chi connectivity index (χ4v) is 5.35. The number of hydrogen-bond acceptors (Lipinski definition) is 4. The van der Waals surface area contributed by atoms with Gasteiger partial charge in [0, 0.05) is 16.3 Å². The number of aryl methyl sites for hydroxylation is 1. The molecule has 7 aromatic rings. The Morgan fingerprint density at radius 1 is 0.575 bits per heavy atom. The first-order valence-corrected chi connectivity index (χ1v) is 13.7. The van der Waals surface area contributed by atoms with Gasteiger partial charge < -0.3 is 4.42 Å². The summed E-state index contributed by atoms with van der Waals surface area (Å²) in [5, 5.41) is 2.24. The summed E-state index contributed by atoms with van der Waals surface area (Å²) in [4.78, 5) is 14.0. The average molecular weight is 538 g/mol. The van der Waals surface area contributed by atoms with Crippen LogP contribution < -0.4 is 0 Å². The number of aromatic nitrogens is 3. The smallest absolute Gasteiger partial charge is 0.226 e. The van der Waals surface area contributed by atoms with E-state index >= 15 is 0 Å². The van der Waals surface area contributed by atoms with Crippen LogP contribution in [-0.4, -0.2) is 15.0 Å². The molecule has 0 spiro atoms. The van der Waals surface area contributed by atoms with Crippen molar-refractivity contribution in [3.8, 4) is 45.0 Å². The standard InChI is InChI=1S/C35H24ClN3O/c1-2-22-16-17-31-30(18-22)28-14-9-15-29(32(28)40-31)34-37-33(38-35(36)39-34)27-20-25(23-10-5-3-6-11-23)19-26(21-27)24-12-7-4-8-13-24/h3-21H,2H2,1H3. The molecule has 0 saturated carbocycles. The highest BCUT2D eigenvalue weighted by Gasteiger charge is 2.17. The highest BCUT2D eigenvalue weighted by atomic mass is 35.5. The highest BCUT2D eigenvalue weighted by Crippen LogP contribution is 2.37. The minimum Gasteiger partial charge on any atom is -0.455 e.